The molecule has 0 aliphatic carbocycles. The third kappa shape index (κ3) is 38.8. The highest BCUT2D eigenvalue weighted by Gasteiger charge is 2.10. The van der Waals surface area contributed by atoms with Crippen molar-refractivity contribution in [1.29, 1.82) is 0 Å². The van der Waals surface area contributed by atoms with Gasteiger partial charge in [-0.15, -0.1) is 0 Å². The average molecular weight is 1230 g/mol. The second kappa shape index (κ2) is 47.1. The minimum Gasteiger partial charge on any atom is -0.504 e. The normalized spacial score (nSPS) is 11.3. The summed E-state index contributed by atoms with van der Waals surface area (Å²) in [6, 6.07) is 52.7. The molecular formula is C87H137NO2. The monoisotopic (exact) mass is 1230 g/mol. The third-order valence-corrected chi connectivity index (χ3v) is 16.2. The van der Waals surface area contributed by atoms with Gasteiger partial charge in [0.05, 0.1) is 0 Å². The number of rotatable bonds is 16. The Morgan fingerprint density at radius 1 is 0.344 bits per heavy atom. The summed E-state index contributed by atoms with van der Waals surface area (Å²) in [5.41, 5.74) is 9.23. The van der Waals surface area contributed by atoms with Crippen LogP contribution in [0.2, 0.25) is 0 Å². The lowest BCUT2D eigenvalue weighted by Crippen LogP contribution is -2.00. The van der Waals surface area contributed by atoms with Crippen molar-refractivity contribution < 1.29 is 10.2 Å². The van der Waals surface area contributed by atoms with Crippen molar-refractivity contribution in [2.24, 2.45) is 76.9 Å². The molecule has 0 aliphatic rings. The van der Waals surface area contributed by atoms with Gasteiger partial charge in [-0.05, 0) is 190 Å². The third-order valence-electron chi connectivity index (χ3n) is 16.2. The quantitative estimate of drug-likeness (QED) is 0.0667. The van der Waals surface area contributed by atoms with Crippen LogP contribution in [0.25, 0.3) is 32.4 Å². The van der Waals surface area contributed by atoms with E-state index in [0.717, 1.165) is 89.9 Å². The Bertz CT molecular complexity index is 2910. The molecule has 0 aliphatic heterocycles. The van der Waals surface area contributed by atoms with E-state index in [-0.39, 0.29) is 11.5 Å². The number of aromatic nitrogens is 1. The van der Waals surface area contributed by atoms with E-state index in [1.54, 1.807) is 6.07 Å². The molecule has 8 aromatic rings. The summed E-state index contributed by atoms with van der Waals surface area (Å²) >= 11 is 0. The fraction of sp³-hybridized carbons (Fsp3) is 0.540. The average Bonchev–Trinajstić information content (AvgIpc) is 1.84. The molecule has 8 rings (SSSR count). The predicted molar refractivity (Wildman–Crippen MR) is 408 cm³/mol. The molecule has 0 saturated carbocycles. The standard InChI is InChI=1S/C18H18.C12H15N.C11H16.C10H14O2.C10H14.2C7H16.2C6H14/c1-13(2)11-18-16-9-5-3-7-14(16)12-15-8-4-6-10-17(15)18;1-9(2)7-10-8-13-12-6-4-3-5-11(10)12;1-9(2)8-11-6-4-10(3)5-7-11;1-7(2)6-8-4-3-5-9(11)10(8)12;1-9(2)8-10-6-4-3-5-7-10;1-6(2)5-7(3)4;1-5-7(4)6(2)3;2*1-5(2)6(3)4/h3-10,12-13H,11H2,1-2H3;3-6,8-9,13H,7H2,1-2H3;4-7,9H,8H2,1-3H3;3-5,7,11-12H,6H2,1-2H3;3-7,9H,8H2,1-2H3;2*6-7H,5H2,1-4H3;2*5-6H,1-4H3. The summed E-state index contributed by atoms with van der Waals surface area (Å²) in [6.07, 6.45) is 10.3. The summed E-state index contributed by atoms with van der Waals surface area (Å²) < 4.78 is 0. The fourth-order valence-corrected chi connectivity index (χ4v) is 9.35. The highest BCUT2D eigenvalue weighted by molar-refractivity contribution is 6.02. The summed E-state index contributed by atoms with van der Waals surface area (Å²) in [7, 11) is 0. The number of aryl methyl sites for hydroxylation is 1. The second-order valence-electron chi connectivity index (χ2n) is 30.0. The lowest BCUT2D eigenvalue weighted by molar-refractivity contribution is 0.397. The molecule has 0 fully saturated rings. The molecule has 502 valence electrons. The first kappa shape index (κ1) is 84.2. The Balaban J connectivity index is 0.00000102. The van der Waals surface area contributed by atoms with Crippen molar-refractivity contribution in [3.8, 4) is 11.5 Å². The number of hydrogen-bond acceptors (Lipinski definition) is 2. The van der Waals surface area contributed by atoms with Crippen molar-refractivity contribution >= 4 is 32.4 Å². The van der Waals surface area contributed by atoms with Gasteiger partial charge in [-0.25, -0.2) is 0 Å². The van der Waals surface area contributed by atoms with Crippen LogP contribution in [0.15, 0.2) is 158 Å². The number of para-hydroxylation sites is 2. The van der Waals surface area contributed by atoms with Gasteiger partial charge in [0.25, 0.3) is 0 Å². The van der Waals surface area contributed by atoms with E-state index in [1.807, 2.05) is 6.07 Å². The van der Waals surface area contributed by atoms with E-state index in [4.69, 9.17) is 5.11 Å². The van der Waals surface area contributed by atoms with E-state index in [2.05, 4.69) is 332 Å². The van der Waals surface area contributed by atoms with Crippen LogP contribution < -0.4 is 0 Å². The van der Waals surface area contributed by atoms with Gasteiger partial charge in [-0.3, -0.25) is 0 Å². The minimum atomic E-state index is -0.0341. The Morgan fingerprint density at radius 3 is 1.11 bits per heavy atom. The van der Waals surface area contributed by atoms with Crippen molar-refractivity contribution in [3.05, 3.63) is 191 Å². The van der Waals surface area contributed by atoms with Crippen molar-refractivity contribution in [1.82, 2.24) is 4.98 Å². The Morgan fingerprint density at radius 2 is 0.733 bits per heavy atom. The van der Waals surface area contributed by atoms with Gasteiger partial charge < -0.3 is 15.2 Å². The van der Waals surface area contributed by atoms with E-state index in [0.29, 0.717) is 11.8 Å². The lowest BCUT2D eigenvalue weighted by atomic mass is 9.91. The number of aromatic amines is 1. The largest absolute Gasteiger partial charge is 0.504 e. The van der Waals surface area contributed by atoms with Gasteiger partial charge >= 0.3 is 0 Å². The maximum Gasteiger partial charge on any atom is 0.160 e. The fourth-order valence-electron chi connectivity index (χ4n) is 9.35. The first-order chi connectivity index (χ1) is 42.2. The number of aromatic hydroxyl groups is 2. The van der Waals surface area contributed by atoms with Crippen LogP contribution in [0.1, 0.15) is 226 Å². The lowest BCUT2D eigenvalue weighted by Gasteiger charge is -2.13. The molecule has 1 aromatic heterocycles. The van der Waals surface area contributed by atoms with Crippen molar-refractivity contribution in [2.45, 2.75) is 232 Å². The molecule has 1 atom stereocenters. The summed E-state index contributed by atoms with van der Waals surface area (Å²) in [4.78, 5) is 3.29. The smallest absolute Gasteiger partial charge is 0.160 e. The number of phenolic OH excluding ortho intramolecular Hbond substituents is 2. The Hall–Kier alpha value is -5.80. The molecule has 3 heteroatoms. The van der Waals surface area contributed by atoms with Crippen LogP contribution in [0.5, 0.6) is 11.5 Å². The summed E-state index contributed by atoms with van der Waals surface area (Å²) in [5, 5.41) is 25.5. The molecule has 3 nitrogen and oxygen atoms in total. The van der Waals surface area contributed by atoms with E-state index in [9.17, 15) is 5.11 Å². The van der Waals surface area contributed by atoms with Crippen LogP contribution in [0, 0.1) is 83.9 Å². The van der Waals surface area contributed by atoms with Crippen molar-refractivity contribution in [3.63, 3.8) is 0 Å². The topological polar surface area (TPSA) is 56.2 Å². The van der Waals surface area contributed by atoms with Crippen LogP contribution in [-0.4, -0.2) is 15.2 Å². The number of benzene rings is 7. The van der Waals surface area contributed by atoms with Gasteiger partial charge in [0.15, 0.2) is 11.5 Å². The SMILES string of the molecule is CC(C)C(C)C.CC(C)C(C)C.CC(C)CC(C)C.CC(C)Cc1c2ccccc2cc2ccccc12.CC(C)Cc1c[nH]c2ccccc12.CC(C)Cc1cccc(O)c1O.CC(C)Cc1ccccc1.CCC(C)C(C)C.Cc1ccc(CC(C)C)cc1. The molecule has 7 aromatic carbocycles. The van der Waals surface area contributed by atoms with Crippen LogP contribution in [-0.2, 0) is 32.1 Å². The highest BCUT2D eigenvalue weighted by atomic mass is 16.3. The molecule has 1 unspecified atom stereocenters. The molecule has 90 heavy (non-hydrogen) atoms. The number of H-pyrrole nitrogens is 1. The minimum absolute atomic E-state index is 0.0196. The maximum absolute atomic E-state index is 9.40. The molecule has 0 saturated heterocycles. The van der Waals surface area contributed by atoms with Crippen LogP contribution >= 0.6 is 0 Å². The molecular weight excluding hydrogens is 1090 g/mol. The van der Waals surface area contributed by atoms with Gasteiger partial charge in [-0.1, -0.05) is 325 Å². The number of nitrogens with one attached hydrogen (secondary N) is 1. The van der Waals surface area contributed by atoms with Crippen molar-refractivity contribution in [2.75, 3.05) is 0 Å². The molecule has 1 heterocycles. The zero-order valence-corrected chi connectivity index (χ0v) is 62.9. The number of hydrogen-bond donors (Lipinski definition) is 3. The first-order valence-corrected chi connectivity index (χ1v) is 35.2. The molecule has 3 N–H and O–H groups in total. The highest BCUT2D eigenvalue weighted by Crippen LogP contribution is 2.31. The van der Waals surface area contributed by atoms with E-state index < -0.39 is 0 Å². The van der Waals surface area contributed by atoms with Crippen LogP contribution in [0.4, 0.5) is 0 Å². The summed E-state index contributed by atoms with van der Waals surface area (Å²) in [5.74, 6) is 10.3. The number of phenols is 2. The molecule has 0 amide bonds. The molecule has 0 bridgehead atoms. The molecule has 0 spiro atoms. The second-order valence-corrected chi connectivity index (χ2v) is 30.0. The van der Waals surface area contributed by atoms with Gasteiger partial charge in [0, 0.05) is 17.1 Å². The Kier molecular flexibility index (Phi) is 44.1. The van der Waals surface area contributed by atoms with Crippen LogP contribution in [0.3, 0.4) is 0 Å². The van der Waals surface area contributed by atoms with Gasteiger partial charge in [-0.2, -0.15) is 0 Å². The zero-order valence-electron chi connectivity index (χ0n) is 62.9. The summed E-state index contributed by atoms with van der Waals surface area (Å²) in [6.45, 7) is 60.4. The zero-order chi connectivity index (χ0) is 68.6. The van der Waals surface area contributed by atoms with Gasteiger partial charge in [0.1, 0.15) is 0 Å². The number of fused-ring (bicyclic) bond motifs is 3. The molecule has 0 radical (unpaired) electrons. The maximum atomic E-state index is 9.40. The van der Waals surface area contributed by atoms with Gasteiger partial charge in [0.2, 0.25) is 0 Å². The Labute approximate surface area is 556 Å². The first-order valence-electron chi connectivity index (χ1n) is 35.2. The van der Waals surface area contributed by atoms with E-state index in [1.165, 1.54) is 92.0 Å². The van der Waals surface area contributed by atoms with E-state index >= 15 is 0 Å². The predicted octanol–water partition coefficient (Wildman–Crippen LogP) is 26.9.